The van der Waals surface area contributed by atoms with Gasteiger partial charge in [-0.15, -0.1) is 0 Å². The fourth-order valence-corrected chi connectivity index (χ4v) is 4.82. The predicted molar refractivity (Wildman–Crippen MR) is 119 cm³/mol. The number of aliphatic hydroxyl groups is 1. The number of rotatable bonds is 6. The van der Waals surface area contributed by atoms with Gasteiger partial charge in [-0.3, -0.25) is 4.79 Å². The molecule has 31 heavy (non-hydrogen) atoms. The van der Waals surface area contributed by atoms with Gasteiger partial charge in [0.2, 0.25) is 5.91 Å². The SMILES string of the molecule is C=CCOc1ccc(Cl)c(Cl)c1C(O)C1CCCN(C(=O)[C@H]2CCN(C(=O)O)C2)CC1. The molecular formula is C22H28Cl2N2O5. The van der Waals surface area contributed by atoms with Gasteiger partial charge in [0.1, 0.15) is 12.4 Å². The molecule has 2 unspecified atom stereocenters. The van der Waals surface area contributed by atoms with Gasteiger partial charge in [-0.2, -0.15) is 0 Å². The van der Waals surface area contributed by atoms with Crippen LogP contribution in [0.2, 0.25) is 10.0 Å². The van der Waals surface area contributed by atoms with Gasteiger partial charge in [0.05, 0.1) is 22.1 Å². The number of likely N-dealkylation sites (tertiary alicyclic amines) is 2. The number of aliphatic hydroxyl groups excluding tert-OH is 1. The molecule has 0 saturated carbocycles. The Morgan fingerprint density at radius 1 is 1.19 bits per heavy atom. The normalized spacial score (nSPS) is 22.7. The highest BCUT2D eigenvalue weighted by atomic mass is 35.5. The molecule has 1 aromatic rings. The van der Waals surface area contributed by atoms with Crippen molar-refractivity contribution in [2.75, 3.05) is 32.8 Å². The van der Waals surface area contributed by atoms with Crippen LogP contribution in [-0.4, -0.2) is 64.8 Å². The average molecular weight is 471 g/mol. The zero-order valence-corrected chi connectivity index (χ0v) is 18.8. The molecule has 9 heteroatoms. The smallest absolute Gasteiger partial charge is 0.407 e. The van der Waals surface area contributed by atoms with Crippen molar-refractivity contribution in [2.45, 2.75) is 31.8 Å². The summed E-state index contributed by atoms with van der Waals surface area (Å²) >= 11 is 12.6. The van der Waals surface area contributed by atoms with E-state index in [0.717, 1.165) is 12.8 Å². The van der Waals surface area contributed by atoms with Crippen molar-refractivity contribution in [2.24, 2.45) is 11.8 Å². The molecule has 2 fully saturated rings. The first-order valence-electron chi connectivity index (χ1n) is 10.5. The molecule has 2 aliphatic heterocycles. The quantitative estimate of drug-likeness (QED) is 0.607. The maximum absolute atomic E-state index is 12.9. The number of ether oxygens (including phenoxy) is 1. The number of carbonyl (C=O) groups excluding carboxylic acids is 1. The van der Waals surface area contributed by atoms with Gasteiger partial charge in [0.15, 0.2) is 0 Å². The average Bonchev–Trinajstić information content (AvgIpc) is 3.12. The van der Waals surface area contributed by atoms with E-state index < -0.39 is 12.2 Å². The first kappa shape index (κ1) is 23.7. The van der Waals surface area contributed by atoms with Gasteiger partial charge in [-0.1, -0.05) is 35.9 Å². The van der Waals surface area contributed by atoms with E-state index in [4.69, 9.17) is 33.0 Å². The molecule has 2 N–H and O–H groups in total. The van der Waals surface area contributed by atoms with Crippen molar-refractivity contribution in [1.29, 1.82) is 0 Å². The van der Waals surface area contributed by atoms with E-state index >= 15 is 0 Å². The van der Waals surface area contributed by atoms with Crippen LogP contribution in [0, 0.1) is 11.8 Å². The summed E-state index contributed by atoms with van der Waals surface area (Å²) in [5.74, 6) is 0.0613. The van der Waals surface area contributed by atoms with Crippen LogP contribution >= 0.6 is 23.2 Å². The number of carbonyl (C=O) groups is 2. The van der Waals surface area contributed by atoms with Crippen LogP contribution in [0.1, 0.15) is 37.4 Å². The second-order valence-electron chi connectivity index (χ2n) is 8.05. The van der Waals surface area contributed by atoms with Crippen molar-refractivity contribution in [3.63, 3.8) is 0 Å². The Labute approximate surface area is 192 Å². The number of benzene rings is 1. The van der Waals surface area contributed by atoms with Gasteiger partial charge >= 0.3 is 6.09 Å². The summed E-state index contributed by atoms with van der Waals surface area (Å²) in [4.78, 5) is 27.1. The van der Waals surface area contributed by atoms with E-state index in [-0.39, 0.29) is 35.9 Å². The Hall–Kier alpha value is -1.96. The van der Waals surface area contributed by atoms with Crippen molar-refractivity contribution in [1.82, 2.24) is 9.80 Å². The second kappa shape index (κ2) is 10.6. The van der Waals surface area contributed by atoms with Crippen LogP contribution in [0.25, 0.3) is 0 Å². The number of hydrogen-bond donors (Lipinski definition) is 2. The summed E-state index contributed by atoms with van der Waals surface area (Å²) in [7, 11) is 0. The van der Waals surface area contributed by atoms with E-state index in [1.54, 1.807) is 23.1 Å². The highest BCUT2D eigenvalue weighted by Crippen LogP contribution is 2.42. The zero-order valence-electron chi connectivity index (χ0n) is 17.3. The van der Waals surface area contributed by atoms with E-state index in [9.17, 15) is 14.7 Å². The van der Waals surface area contributed by atoms with Crippen LogP contribution in [0.5, 0.6) is 5.75 Å². The van der Waals surface area contributed by atoms with Crippen molar-refractivity contribution >= 4 is 35.2 Å². The topological polar surface area (TPSA) is 90.3 Å². The predicted octanol–water partition coefficient (Wildman–Crippen LogP) is 4.22. The number of hydrogen-bond acceptors (Lipinski definition) is 4. The first-order chi connectivity index (χ1) is 14.8. The summed E-state index contributed by atoms with van der Waals surface area (Å²) in [5, 5.41) is 20.9. The number of halogens is 2. The third-order valence-electron chi connectivity index (χ3n) is 6.08. The second-order valence-corrected chi connectivity index (χ2v) is 8.83. The summed E-state index contributed by atoms with van der Waals surface area (Å²) < 4.78 is 5.68. The van der Waals surface area contributed by atoms with Gasteiger partial charge in [-0.25, -0.2) is 4.79 Å². The molecule has 7 nitrogen and oxygen atoms in total. The Kier molecular flexibility index (Phi) is 8.08. The summed E-state index contributed by atoms with van der Waals surface area (Å²) in [6.45, 7) is 5.66. The molecule has 2 aliphatic rings. The monoisotopic (exact) mass is 470 g/mol. The van der Waals surface area contributed by atoms with Crippen LogP contribution in [0.4, 0.5) is 4.79 Å². The minimum Gasteiger partial charge on any atom is -0.489 e. The summed E-state index contributed by atoms with van der Waals surface area (Å²) in [6.07, 6.45) is 2.37. The molecule has 2 amide bonds. The maximum Gasteiger partial charge on any atom is 0.407 e. The fourth-order valence-electron chi connectivity index (χ4n) is 4.39. The molecule has 0 aromatic heterocycles. The van der Waals surface area contributed by atoms with E-state index in [0.29, 0.717) is 48.8 Å². The fraction of sp³-hybridized carbons (Fsp3) is 0.545. The van der Waals surface area contributed by atoms with Crippen molar-refractivity contribution < 1.29 is 24.5 Å². The number of amides is 2. The molecule has 0 spiro atoms. The van der Waals surface area contributed by atoms with Crippen LogP contribution < -0.4 is 4.74 Å². The Morgan fingerprint density at radius 3 is 2.61 bits per heavy atom. The van der Waals surface area contributed by atoms with Gasteiger partial charge < -0.3 is 24.7 Å². The maximum atomic E-state index is 12.9. The molecule has 3 atom stereocenters. The van der Waals surface area contributed by atoms with Crippen LogP contribution in [0.15, 0.2) is 24.8 Å². The highest BCUT2D eigenvalue weighted by molar-refractivity contribution is 6.42. The lowest BCUT2D eigenvalue weighted by Gasteiger charge is -2.26. The largest absolute Gasteiger partial charge is 0.489 e. The lowest BCUT2D eigenvalue weighted by atomic mass is 9.89. The highest BCUT2D eigenvalue weighted by Gasteiger charge is 2.35. The third-order valence-corrected chi connectivity index (χ3v) is 6.90. The van der Waals surface area contributed by atoms with E-state index in [1.807, 2.05) is 0 Å². The number of carboxylic acid groups (broad SMARTS) is 1. The molecular weight excluding hydrogens is 443 g/mol. The molecule has 170 valence electrons. The Bertz CT molecular complexity index is 834. The molecule has 0 aliphatic carbocycles. The minimum atomic E-state index is -0.984. The lowest BCUT2D eigenvalue weighted by Crippen LogP contribution is -2.38. The van der Waals surface area contributed by atoms with E-state index in [1.165, 1.54) is 4.90 Å². The third kappa shape index (κ3) is 5.45. The van der Waals surface area contributed by atoms with Gasteiger partial charge in [-0.05, 0) is 43.7 Å². The van der Waals surface area contributed by atoms with Crippen molar-refractivity contribution in [3.8, 4) is 5.75 Å². The summed E-state index contributed by atoms with van der Waals surface area (Å²) in [6, 6.07) is 3.32. The Morgan fingerprint density at radius 2 is 1.94 bits per heavy atom. The number of nitrogens with zero attached hydrogens (tertiary/aromatic N) is 2. The minimum absolute atomic E-state index is 0.00492. The zero-order chi connectivity index (χ0) is 22.5. The van der Waals surface area contributed by atoms with Crippen LogP contribution in [0.3, 0.4) is 0 Å². The molecule has 3 rings (SSSR count). The lowest BCUT2D eigenvalue weighted by molar-refractivity contribution is -0.135. The summed E-state index contributed by atoms with van der Waals surface area (Å²) in [5.41, 5.74) is 0.466. The van der Waals surface area contributed by atoms with Gasteiger partial charge in [0.25, 0.3) is 0 Å². The van der Waals surface area contributed by atoms with Crippen molar-refractivity contribution in [3.05, 3.63) is 40.4 Å². The Balaban J connectivity index is 1.68. The molecule has 2 heterocycles. The van der Waals surface area contributed by atoms with E-state index in [2.05, 4.69) is 6.58 Å². The van der Waals surface area contributed by atoms with Crippen LogP contribution in [-0.2, 0) is 4.79 Å². The molecule has 0 bridgehead atoms. The first-order valence-corrected chi connectivity index (χ1v) is 11.2. The molecule has 0 radical (unpaired) electrons. The molecule has 2 saturated heterocycles. The molecule has 1 aromatic carbocycles. The van der Waals surface area contributed by atoms with Gasteiger partial charge in [0, 0.05) is 31.7 Å². The standard InChI is InChI=1S/C22H28Cl2N2O5/c1-2-12-31-17-6-5-16(23)19(24)18(17)20(27)14-4-3-9-25(10-7-14)21(28)15-8-11-26(13-15)22(29)30/h2,5-6,14-15,20,27H,1,3-4,7-13H2,(H,29,30)/t14?,15-,20?/m0/s1.